The maximum Gasteiger partial charge on any atom is 0.251 e. The van der Waals surface area contributed by atoms with E-state index in [1.807, 2.05) is 41.2 Å². The van der Waals surface area contributed by atoms with Crippen molar-refractivity contribution in [1.82, 2.24) is 20.0 Å². The zero-order chi connectivity index (χ0) is 21.3. The Hall–Kier alpha value is -3.12. The van der Waals surface area contributed by atoms with Crippen molar-refractivity contribution in [2.45, 2.75) is 19.4 Å². The van der Waals surface area contributed by atoms with Crippen LogP contribution < -0.4 is 10.2 Å². The minimum atomic E-state index is 0.00196. The largest absolute Gasteiger partial charge is 0.369 e. The van der Waals surface area contributed by atoms with E-state index in [-0.39, 0.29) is 5.91 Å². The van der Waals surface area contributed by atoms with Crippen molar-refractivity contribution in [1.29, 1.82) is 0 Å². The number of nitrogens with one attached hydrogen (secondary N) is 1. The Labute approximate surface area is 184 Å². The average Bonchev–Trinajstić information content (AvgIpc) is 3.33. The van der Waals surface area contributed by atoms with Crippen molar-refractivity contribution in [3.63, 3.8) is 0 Å². The van der Waals surface area contributed by atoms with Crippen molar-refractivity contribution in [3.05, 3.63) is 84.2 Å². The number of unbranched alkanes of at least 4 members (excludes halogenated alkanes) is 1. The minimum Gasteiger partial charge on any atom is -0.369 e. The van der Waals surface area contributed by atoms with Crippen molar-refractivity contribution in [3.8, 4) is 0 Å². The molecule has 4 rings (SSSR count). The second-order valence-corrected chi connectivity index (χ2v) is 8.03. The average molecular weight is 418 g/mol. The van der Waals surface area contributed by atoms with Gasteiger partial charge in [0.05, 0.1) is 6.54 Å². The van der Waals surface area contributed by atoms with Crippen molar-refractivity contribution in [2.75, 3.05) is 44.2 Å². The number of benzene rings is 2. The number of carbonyl (C=O) groups excluding carboxylic acids is 1. The van der Waals surface area contributed by atoms with Gasteiger partial charge in [0.15, 0.2) is 0 Å². The molecule has 6 nitrogen and oxygen atoms in total. The van der Waals surface area contributed by atoms with E-state index in [9.17, 15) is 4.79 Å². The molecule has 0 spiro atoms. The first-order valence-electron chi connectivity index (χ1n) is 11.1. The van der Waals surface area contributed by atoms with Crippen molar-refractivity contribution >= 4 is 11.6 Å². The highest BCUT2D eigenvalue weighted by Crippen LogP contribution is 2.15. The van der Waals surface area contributed by atoms with Crippen molar-refractivity contribution in [2.24, 2.45) is 0 Å². The summed E-state index contributed by atoms with van der Waals surface area (Å²) in [4.78, 5) is 17.3. The van der Waals surface area contributed by atoms with Gasteiger partial charge < -0.3 is 10.2 Å². The Balaban J connectivity index is 1.10. The Morgan fingerprint density at radius 3 is 2.39 bits per heavy atom. The first-order chi connectivity index (χ1) is 15.3. The molecule has 6 heteroatoms. The lowest BCUT2D eigenvalue weighted by atomic mass is 10.1. The zero-order valence-corrected chi connectivity index (χ0v) is 18.0. The smallest absolute Gasteiger partial charge is 0.251 e. The van der Waals surface area contributed by atoms with Crippen LogP contribution in [0.5, 0.6) is 0 Å². The molecule has 162 valence electrons. The molecule has 3 aromatic rings. The van der Waals surface area contributed by atoms with Crippen LogP contribution in [0.4, 0.5) is 5.69 Å². The third kappa shape index (κ3) is 6.18. The predicted molar refractivity (Wildman–Crippen MR) is 124 cm³/mol. The minimum absolute atomic E-state index is 0.00196. The number of amides is 1. The number of para-hydroxylation sites is 1. The number of anilines is 1. The summed E-state index contributed by atoms with van der Waals surface area (Å²) in [6.45, 7) is 6.90. The molecule has 1 saturated heterocycles. The molecule has 1 N–H and O–H groups in total. The predicted octanol–water partition coefficient (Wildman–Crippen LogP) is 3.26. The second kappa shape index (κ2) is 10.8. The molecule has 1 aromatic heterocycles. The number of hydrogen-bond acceptors (Lipinski definition) is 4. The summed E-state index contributed by atoms with van der Waals surface area (Å²) < 4.78 is 1.87. The van der Waals surface area contributed by atoms with Gasteiger partial charge >= 0.3 is 0 Å². The topological polar surface area (TPSA) is 53.4 Å². The van der Waals surface area contributed by atoms with Crippen molar-refractivity contribution < 1.29 is 4.79 Å². The number of rotatable bonds is 9. The molecule has 0 aliphatic carbocycles. The van der Waals surface area contributed by atoms with Crippen LogP contribution >= 0.6 is 0 Å². The summed E-state index contributed by atoms with van der Waals surface area (Å²) in [5.74, 6) is 0.00196. The van der Waals surface area contributed by atoms with Crippen LogP contribution in [-0.4, -0.2) is 59.9 Å². The van der Waals surface area contributed by atoms with E-state index in [0.29, 0.717) is 12.1 Å². The third-order valence-corrected chi connectivity index (χ3v) is 5.80. The van der Waals surface area contributed by atoms with Gasteiger partial charge in [0.1, 0.15) is 0 Å². The van der Waals surface area contributed by atoms with Gasteiger partial charge in [-0.15, -0.1) is 0 Å². The van der Waals surface area contributed by atoms with Gasteiger partial charge in [-0.05, 0) is 55.3 Å². The highest BCUT2D eigenvalue weighted by Gasteiger charge is 2.16. The van der Waals surface area contributed by atoms with Gasteiger partial charge in [0, 0.05) is 56.4 Å². The molecule has 0 saturated carbocycles. The van der Waals surface area contributed by atoms with Crippen LogP contribution in [0.3, 0.4) is 0 Å². The van der Waals surface area contributed by atoms with E-state index in [4.69, 9.17) is 0 Å². The van der Waals surface area contributed by atoms with Gasteiger partial charge in [-0.2, -0.15) is 5.10 Å². The zero-order valence-electron chi connectivity index (χ0n) is 18.0. The molecule has 1 aliphatic heterocycles. The molecule has 2 heterocycles. The molecule has 1 amide bonds. The van der Waals surface area contributed by atoms with Crippen LogP contribution in [0.2, 0.25) is 0 Å². The molecule has 0 bridgehead atoms. The number of aromatic nitrogens is 2. The summed E-state index contributed by atoms with van der Waals surface area (Å²) in [6, 6.07) is 20.3. The molecule has 2 aromatic carbocycles. The highest BCUT2D eigenvalue weighted by atomic mass is 16.1. The fourth-order valence-corrected chi connectivity index (χ4v) is 3.98. The standard InChI is InChI=1S/C25H31N5O/c31-25(23-11-9-22(10-12-23)21-30-16-6-14-27-30)26-13-4-5-15-28-17-19-29(20-18-28)24-7-2-1-3-8-24/h1-3,6-12,14,16H,4-5,13,15,17-21H2,(H,26,31). The number of hydrogen-bond donors (Lipinski definition) is 1. The van der Waals surface area contributed by atoms with E-state index < -0.39 is 0 Å². The Morgan fingerprint density at radius 1 is 0.903 bits per heavy atom. The molecular formula is C25H31N5O. The first kappa shape index (κ1) is 21.1. The summed E-state index contributed by atoms with van der Waals surface area (Å²) in [6.07, 6.45) is 5.81. The Bertz CT molecular complexity index is 916. The number of piperazine rings is 1. The van der Waals surface area contributed by atoms with Gasteiger partial charge in [-0.3, -0.25) is 14.4 Å². The lowest BCUT2D eigenvalue weighted by Crippen LogP contribution is -2.46. The van der Waals surface area contributed by atoms with Crippen LogP contribution in [-0.2, 0) is 6.54 Å². The summed E-state index contributed by atoms with van der Waals surface area (Å²) in [5.41, 5.74) is 3.16. The number of carbonyl (C=O) groups is 1. The Morgan fingerprint density at radius 2 is 1.68 bits per heavy atom. The third-order valence-electron chi connectivity index (χ3n) is 5.80. The second-order valence-electron chi connectivity index (χ2n) is 8.03. The molecule has 1 aliphatic rings. The van der Waals surface area contributed by atoms with E-state index in [0.717, 1.165) is 57.7 Å². The fourth-order valence-electron chi connectivity index (χ4n) is 3.98. The monoisotopic (exact) mass is 417 g/mol. The van der Waals surface area contributed by atoms with Crippen LogP contribution in [0.1, 0.15) is 28.8 Å². The van der Waals surface area contributed by atoms with E-state index >= 15 is 0 Å². The lowest BCUT2D eigenvalue weighted by Gasteiger charge is -2.36. The lowest BCUT2D eigenvalue weighted by molar-refractivity contribution is 0.0952. The van der Waals surface area contributed by atoms with Crippen LogP contribution in [0, 0.1) is 0 Å². The van der Waals surface area contributed by atoms with Gasteiger partial charge in [0.25, 0.3) is 5.91 Å². The van der Waals surface area contributed by atoms with E-state index in [1.54, 1.807) is 6.20 Å². The summed E-state index contributed by atoms with van der Waals surface area (Å²) in [5, 5.41) is 7.26. The number of nitrogens with zero attached hydrogens (tertiary/aromatic N) is 4. The molecule has 0 unspecified atom stereocenters. The molecular weight excluding hydrogens is 386 g/mol. The molecule has 1 fully saturated rings. The molecule has 0 radical (unpaired) electrons. The Kier molecular flexibility index (Phi) is 7.34. The molecule has 0 atom stereocenters. The summed E-state index contributed by atoms with van der Waals surface area (Å²) in [7, 11) is 0. The summed E-state index contributed by atoms with van der Waals surface area (Å²) >= 11 is 0. The maximum atomic E-state index is 12.4. The van der Waals surface area contributed by atoms with Gasteiger partial charge in [-0.25, -0.2) is 0 Å². The highest BCUT2D eigenvalue weighted by molar-refractivity contribution is 5.94. The normalized spacial score (nSPS) is 14.5. The van der Waals surface area contributed by atoms with Gasteiger partial charge in [0.2, 0.25) is 0 Å². The first-order valence-corrected chi connectivity index (χ1v) is 11.1. The quantitative estimate of drug-likeness (QED) is 0.543. The van der Waals surface area contributed by atoms with Crippen LogP contribution in [0.15, 0.2) is 73.1 Å². The fraction of sp³-hybridized carbons (Fsp3) is 0.360. The maximum absolute atomic E-state index is 12.4. The SMILES string of the molecule is O=C(NCCCCN1CCN(c2ccccc2)CC1)c1ccc(Cn2cccn2)cc1. The van der Waals surface area contributed by atoms with E-state index in [2.05, 4.69) is 50.5 Å². The molecule has 31 heavy (non-hydrogen) atoms. The van der Waals surface area contributed by atoms with Gasteiger partial charge in [-0.1, -0.05) is 30.3 Å². The van der Waals surface area contributed by atoms with Crippen LogP contribution in [0.25, 0.3) is 0 Å². The van der Waals surface area contributed by atoms with E-state index in [1.165, 1.54) is 5.69 Å².